The van der Waals surface area contributed by atoms with Crippen LogP contribution in [-0.2, 0) is 17.6 Å². The van der Waals surface area contributed by atoms with Gasteiger partial charge < -0.3 is 10.6 Å². The van der Waals surface area contributed by atoms with Crippen molar-refractivity contribution in [2.45, 2.75) is 80.2 Å². The minimum absolute atomic E-state index is 0.0114. The molecule has 1 heterocycles. The van der Waals surface area contributed by atoms with Crippen LogP contribution in [-0.4, -0.2) is 17.9 Å². The number of rotatable bonds is 5. The molecule has 0 bridgehead atoms. The maximum Gasteiger partial charge on any atom is 0.254 e. The number of fused-ring (bicyclic) bond motifs is 1. The summed E-state index contributed by atoms with van der Waals surface area (Å²) in [5.74, 6) is 0.360. The molecule has 150 valence electrons. The Kier molecular flexibility index (Phi) is 5.21. The molecular weight excluding hydrogens is 356 g/mol. The van der Waals surface area contributed by atoms with Crippen LogP contribution in [0.25, 0.3) is 0 Å². The normalized spacial score (nSPS) is 21.5. The van der Waals surface area contributed by atoms with Crippen LogP contribution in [0, 0.1) is 22.7 Å². The smallest absolute Gasteiger partial charge is 0.254 e. The van der Waals surface area contributed by atoms with Crippen molar-refractivity contribution in [3.63, 3.8) is 0 Å². The summed E-state index contributed by atoms with van der Waals surface area (Å²) in [7, 11) is 0. The van der Waals surface area contributed by atoms with Gasteiger partial charge in [-0.1, -0.05) is 41.5 Å². The van der Waals surface area contributed by atoms with Gasteiger partial charge in [0.05, 0.1) is 5.56 Å². The van der Waals surface area contributed by atoms with Crippen molar-refractivity contribution >= 4 is 28.2 Å². The first-order valence-corrected chi connectivity index (χ1v) is 11.1. The van der Waals surface area contributed by atoms with Gasteiger partial charge in [0.1, 0.15) is 5.00 Å². The molecule has 0 radical (unpaired) electrons. The van der Waals surface area contributed by atoms with Crippen molar-refractivity contribution < 1.29 is 9.59 Å². The molecule has 0 spiro atoms. The standard InChI is InChI=1S/C22H34N2O2S/c1-12(2)13(3)23-18(25)16-14-10-8-9-11-15(14)27-20(16)24-19(26)17-21(4,5)22(17,6)7/h12-13,17H,8-11H2,1-7H3,(H,23,25)(H,24,26). The van der Waals surface area contributed by atoms with Gasteiger partial charge in [-0.15, -0.1) is 11.3 Å². The van der Waals surface area contributed by atoms with Crippen LogP contribution in [0.5, 0.6) is 0 Å². The van der Waals surface area contributed by atoms with Gasteiger partial charge in [-0.05, 0) is 54.9 Å². The molecule has 1 fully saturated rings. The van der Waals surface area contributed by atoms with Crippen LogP contribution in [0.15, 0.2) is 0 Å². The topological polar surface area (TPSA) is 58.2 Å². The lowest BCUT2D eigenvalue weighted by atomic mass is 9.94. The molecule has 1 unspecified atom stereocenters. The minimum Gasteiger partial charge on any atom is -0.349 e. The average Bonchev–Trinajstić information content (AvgIpc) is 2.84. The number of amides is 2. The van der Waals surface area contributed by atoms with E-state index in [4.69, 9.17) is 0 Å². The minimum atomic E-state index is -0.0415. The summed E-state index contributed by atoms with van der Waals surface area (Å²) in [6.07, 6.45) is 4.21. The van der Waals surface area contributed by atoms with Crippen LogP contribution < -0.4 is 10.6 Å². The van der Waals surface area contributed by atoms with Crippen molar-refractivity contribution in [2.24, 2.45) is 22.7 Å². The van der Waals surface area contributed by atoms with Crippen LogP contribution in [0.4, 0.5) is 5.00 Å². The fraction of sp³-hybridized carbons (Fsp3) is 0.727. The molecule has 2 amide bonds. The summed E-state index contributed by atoms with van der Waals surface area (Å²) in [5.41, 5.74) is 1.85. The maximum absolute atomic E-state index is 13.1. The van der Waals surface area contributed by atoms with Crippen LogP contribution in [0.3, 0.4) is 0 Å². The van der Waals surface area contributed by atoms with Crippen molar-refractivity contribution in [2.75, 3.05) is 5.32 Å². The molecule has 2 aliphatic carbocycles. The van der Waals surface area contributed by atoms with Gasteiger partial charge in [0.15, 0.2) is 0 Å². The summed E-state index contributed by atoms with van der Waals surface area (Å²) in [6.45, 7) is 14.8. The van der Waals surface area contributed by atoms with E-state index in [1.165, 1.54) is 4.88 Å². The zero-order chi connectivity index (χ0) is 20.1. The predicted molar refractivity (Wildman–Crippen MR) is 112 cm³/mol. The molecule has 0 saturated heterocycles. The highest BCUT2D eigenvalue weighted by Crippen LogP contribution is 2.68. The lowest BCUT2D eigenvalue weighted by molar-refractivity contribution is -0.118. The Morgan fingerprint density at radius 2 is 1.63 bits per heavy atom. The van der Waals surface area contributed by atoms with Gasteiger partial charge in [-0.25, -0.2) is 0 Å². The molecule has 2 aliphatic rings. The third-order valence-electron chi connectivity index (χ3n) is 7.28. The van der Waals surface area contributed by atoms with E-state index in [-0.39, 0.29) is 34.6 Å². The zero-order valence-electron chi connectivity index (χ0n) is 17.8. The Labute approximate surface area is 167 Å². The van der Waals surface area contributed by atoms with E-state index in [0.29, 0.717) is 11.5 Å². The number of hydrogen-bond donors (Lipinski definition) is 2. The molecule has 1 aromatic rings. The van der Waals surface area contributed by atoms with Gasteiger partial charge in [0, 0.05) is 16.8 Å². The van der Waals surface area contributed by atoms with Crippen molar-refractivity contribution in [3.05, 3.63) is 16.0 Å². The first kappa shape index (κ1) is 20.4. The Morgan fingerprint density at radius 1 is 1.04 bits per heavy atom. The summed E-state index contributed by atoms with van der Waals surface area (Å²) in [5, 5.41) is 7.03. The molecule has 3 rings (SSSR count). The van der Waals surface area contributed by atoms with Gasteiger partial charge in [0.2, 0.25) is 5.91 Å². The third kappa shape index (κ3) is 3.43. The number of hydrogen-bond acceptors (Lipinski definition) is 3. The Bertz CT molecular complexity index is 747. The number of anilines is 1. The van der Waals surface area contributed by atoms with E-state index in [1.807, 2.05) is 6.92 Å². The van der Waals surface area contributed by atoms with Gasteiger partial charge >= 0.3 is 0 Å². The second kappa shape index (κ2) is 6.91. The van der Waals surface area contributed by atoms with Gasteiger partial charge in [-0.2, -0.15) is 0 Å². The number of carbonyl (C=O) groups excluding carboxylic acids is 2. The monoisotopic (exact) mass is 390 g/mol. The summed E-state index contributed by atoms with van der Waals surface area (Å²) in [4.78, 5) is 27.3. The molecule has 0 aliphatic heterocycles. The Morgan fingerprint density at radius 3 is 2.19 bits per heavy atom. The maximum atomic E-state index is 13.1. The van der Waals surface area contributed by atoms with E-state index in [9.17, 15) is 9.59 Å². The molecule has 27 heavy (non-hydrogen) atoms. The van der Waals surface area contributed by atoms with E-state index in [2.05, 4.69) is 52.2 Å². The van der Waals surface area contributed by atoms with Gasteiger partial charge in [-0.3, -0.25) is 9.59 Å². The summed E-state index contributed by atoms with van der Waals surface area (Å²) in [6, 6.07) is 0.0986. The summed E-state index contributed by atoms with van der Waals surface area (Å²) >= 11 is 1.61. The molecule has 4 nitrogen and oxygen atoms in total. The van der Waals surface area contributed by atoms with Crippen LogP contribution in [0.2, 0.25) is 0 Å². The Hall–Kier alpha value is -1.36. The molecule has 0 aromatic carbocycles. The lowest BCUT2D eigenvalue weighted by Crippen LogP contribution is -2.37. The van der Waals surface area contributed by atoms with Gasteiger partial charge in [0.25, 0.3) is 5.91 Å². The van der Waals surface area contributed by atoms with Crippen molar-refractivity contribution in [1.29, 1.82) is 0 Å². The van der Waals surface area contributed by atoms with E-state index >= 15 is 0 Å². The number of thiophene rings is 1. The first-order chi connectivity index (χ1) is 12.5. The molecule has 2 N–H and O–H groups in total. The van der Waals surface area contributed by atoms with Crippen molar-refractivity contribution in [1.82, 2.24) is 5.32 Å². The fourth-order valence-electron chi connectivity index (χ4n) is 4.38. The zero-order valence-corrected chi connectivity index (χ0v) is 18.6. The largest absolute Gasteiger partial charge is 0.349 e. The molecular formula is C22H34N2O2S. The first-order valence-electron chi connectivity index (χ1n) is 10.2. The average molecular weight is 391 g/mol. The third-order valence-corrected chi connectivity index (χ3v) is 8.48. The van der Waals surface area contributed by atoms with Crippen LogP contribution >= 0.6 is 11.3 Å². The molecule has 1 atom stereocenters. The fourth-order valence-corrected chi connectivity index (χ4v) is 5.67. The number of nitrogens with one attached hydrogen (secondary N) is 2. The van der Waals surface area contributed by atoms with Crippen LogP contribution in [0.1, 0.15) is 82.1 Å². The quantitative estimate of drug-likeness (QED) is 0.741. The second-order valence-corrected chi connectivity index (χ2v) is 10.9. The lowest BCUT2D eigenvalue weighted by Gasteiger charge is -2.19. The number of carbonyl (C=O) groups is 2. The Balaban J connectivity index is 1.88. The van der Waals surface area contributed by atoms with Crippen molar-refractivity contribution in [3.8, 4) is 0 Å². The highest BCUT2D eigenvalue weighted by Gasteiger charge is 2.68. The van der Waals surface area contributed by atoms with E-state index < -0.39 is 0 Å². The highest BCUT2D eigenvalue weighted by atomic mass is 32.1. The molecule has 5 heteroatoms. The van der Waals surface area contributed by atoms with E-state index in [1.54, 1.807) is 11.3 Å². The number of aryl methyl sites for hydroxylation is 1. The SMILES string of the molecule is CC(C)C(C)NC(=O)c1c(NC(=O)C2C(C)(C)C2(C)C)sc2c1CCCC2. The summed E-state index contributed by atoms with van der Waals surface area (Å²) < 4.78 is 0. The molecule has 1 saturated carbocycles. The molecule has 1 aromatic heterocycles. The van der Waals surface area contributed by atoms with E-state index in [0.717, 1.165) is 36.2 Å². The highest BCUT2D eigenvalue weighted by molar-refractivity contribution is 7.17. The predicted octanol–water partition coefficient (Wildman–Crippen LogP) is 5.02. The second-order valence-electron chi connectivity index (χ2n) is 9.79.